The van der Waals surface area contributed by atoms with Crippen molar-refractivity contribution in [3.63, 3.8) is 0 Å². The second kappa shape index (κ2) is 9.96. The van der Waals surface area contributed by atoms with Gasteiger partial charge in [0.05, 0.1) is 26.8 Å². The third-order valence-electron chi connectivity index (χ3n) is 5.98. The molecule has 1 aliphatic rings. The molecule has 2 N–H and O–H groups in total. The maximum Gasteiger partial charge on any atom is 0.246 e. The van der Waals surface area contributed by atoms with E-state index in [1.165, 1.54) is 34.3 Å². The molecule has 6 nitrogen and oxygen atoms in total. The number of rotatable bonds is 8. The fourth-order valence-electron chi connectivity index (χ4n) is 4.50. The van der Waals surface area contributed by atoms with E-state index in [-0.39, 0.29) is 24.6 Å². The van der Waals surface area contributed by atoms with Crippen molar-refractivity contribution in [3.05, 3.63) is 58.7 Å². The van der Waals surface area contributed by atoms with Crippen molar-refractivity contribution in [3.8, 4) is 11.5 Å². The fraction of sp³-hybridized carbons (Fsp3) is 0.458. The number of carbonyl (C=O) groups is 1. The lowest BCUT2D eigenvalue weighted by Gasteiger charge is -2.38. The first-order chi connectivity index (χ1) is 14.5. The van der Waals surface area contributed by atoms with Crippen LogP contribution in [0.5, 0.6) is 11.5 Å². The van der Waals surface area contributed by atoms with E-state index in [1.54, 1.807) is 14.2 Å². The summed E-state index contributed by atoms with van der Waals surface area (Å²) in [6.07, 6.45) is 0.951. The summed E-state index contributed by atoms with van der Waals surface area (Å²) in [4.78, 5) is 13.7. The number of quaternary nitrogens is 1. The number of hydrogen-bond donors (Lipinski definition) is 2. The topological polar surface area (TPSA) is 61.2 Å². The van der Waals surface area contributed by atoms with Crippen molar-refractivity contribution >= 4 is 5.91 Å². The first kappa shape index (κ1) is 22.1. The molecule has 30 heavy (non-hydrogen) atoms. The molecular weight excluding hydrogens is 380 g/mol. The maximum absolute atomic E-state index is 12.3. The van der Waals surface area contributed by atoms with Crippen LogP contribution in [0.3, 0.4) is 0 Å². The Morgan fingerprint density at radius 3 is 2.53 bits per heavy atom. The van der Waals surface area contributed by atoms with E-state index in [9.17, 15) is 4.79 Å². The summed E-state index contributed by atoms with van der Waals surface area (Å²) < 4.78 is 16.1. The van der Waals surface area contributed by atoms with Crippen molar-refractivity contribution in [2.45, 2.75) is 38.9 Å². The van der Waals surface area contributed by atoms with Gasteiger partial charge < -0.3 is 24.4 Å². The van der Waals surface area contributed by atoms with Crippen LogP contribution in [-0.2, 0) is 22.5 Å². The number of ether oxygens (including phenoxy) is 3. The van der Waals surface area contributed by atoms with Gasteiger partial charge in [0.25, 0.3) is 0 Å². The Morgan fingerprint density at radius 2 is 1.87 bits per heavy atom. The van der Waals surface area contributed by atoms with Crippen LogP contribution in [0.2, 0.25) is 0 Å². The molecule has 0 saturated heterocycles. The average molecular weight is 414 g/mol. The predicted molar refractivity (Wildman–Crippen MR) is 116 cm³/mol. The van der Waals surface area contributed by atoms with Crippen molar-refractivity contribution in [1.29, 1.82) is 0 Å². The number of nitrogens with one attached hydrogen (secondary N) is 2. The summed E-state index contributed by atoms with van der Waals surface area (Å²) in [6.45, 7) is 6.16. The highest BCUT2D eigenvalue weighted by molar-refractivity contribution is 5.77. The summed E-state index contributed by atoms with van der Waals surface area (Å²) in [5.74, 6) is 1.36. The number of methoxy groups -OCH3 is 3. The Labute approximate surface area is 179 Å². The van der Waals surface area contributed by atoms with Crippen LogP contribution in [0.15, 0.2) is 36.4 Å². The predicted octanol–water partition coefficient (Wildman–Crippen LogP) is 1.85. The molecule has 0 aliphatic carbocycles. The van der Waals surface area contributed by atoms with E-state index in [1.807, 2.05) is 0 Å². The average Bonchev–Trinajstić information content (AvgIpc) is 2.74. The van der Waals surface area contributed by atoms with Gasteiger partial charge in [0, 0.05) is 24.7 Å². The molecule has 2 aromatic carbocycles. The quantitative estimate of drug-likeness (QED) is 0.693. The lowest BCUT2D eigenvalue weighted by molar-refractivity contribution is -0.948. The molecule has 3 rings (SSSR count). The molecule has 1 amide bonds. The lowest BCUT2D eigenvalue weighted by Crippen LogP contribution is -3.13. The van der Waals surface area contributed by atoms with Crippen LogP contribution < -0.4 is 19.7 Å². The number of hydrogen-bond acceptors (Lipinski definition) is 4. The standard InChI is InChI=1S/C24H32N2O4/c1-16-8-6-7-9-19(16)14-26-11-10-18-12-21(29-4)22(30-5)13-20(18)24(26)17(2)25-23(27)15-28-3/h6-9,12-13,17,24H,10-11,14-15H2,1-5H3,(H,25,27)/p+1/t17-,24+/m1/s1. The zero-order chi connectivity index (χ0) is 21.7. The smallest absolute Gasteiger partial charge is 0.246 e. The largest absolute Gasteiger partial charge is 0.493 e. The highest BCUT2D eigenvalue weighted by Crippen LogP contribution is 2.35. The summed E-state index contributed by atoms with van der Waals surface area (Å²) in [5, 5.41) is 3.13. The Balaban J connectivity index is 1.99. The zero-order valence-corrected chi connectivity index (χ0v) is 18.6. The Bertz CT molecular complexity index is 884. The van der Waals surface area contributed by atoms with Gasteiger partial charge in [-0.15, -0.1) is 0 Å². The van der Waals surface area contributed by atoms with Crippen LogP contribution in [0.25, 0.3) is 0 Å². The van der Waals surface area contributed by atoms with Crippen molar-refractivity contribution in [2.24, 2.45) is 0 Å². The highest BCUT2D eigenvalue weighted by atomic mass is 16.5. The molecule has 0 radical (unpaired) electrons. The van der Waals surface area contributed by atoms with Crippen LogP contribution in [0.4, 0.5) is 0 Å². The van der Waals surface area contributed by atoms with E-state index in [2.05, 4.69) is 55.6 Å². The molecule has 3 atom stereocenters. The molecule has 1 aliphatic heterocycles. The molecule has 0 bridgehead atoms. The molecule has 6 heteroatoms. The minimum Gasteiger partial charge on any atom is -0.493 e. The summed E-state index contributed by atoms with van der Waals surface area (Å²) in [7, 11) is 4.85. The molecule has 2 aromatic rings. The first-order valence-electron chi connectivity index (χ1n) is 10.4. The van der Waals surface area contributed by atoms with Crippen LogP contribution >= 0.6 is 0 Å². The zero-order valence-electron chi connectivity index (χ0n) is 18.6. The minimum absolute atomic E-state index is 0.0585. The second-order valence-electron chi connectivity index (χ2n) is 7.93. The number of fused-ring (bicyclic) bond motifs is 1. The number of benzene rings is 2. The second-order valence-corrected chi connectivity index (χ2v) is 7.93. The van der Waals surface area contributed by atoms with E-state index < -0.39 is 0 Å². The number of amides is 1. The number of carbonyl (C=O) groups excluding carboxylic acids is 1. The molecule has 162 valence electrons. The molecule has 0 saturated carbocycles. The fourth-order valence-corrected chi connectivity index (χ4v) is 4.50. The van der Waals surface area contributed by atoms with Gasteiger partial charge in [-0.3, -0.25) is 4.79 Å². The lowest BCUT2D eigenvalue weighted by atomic mass is 9.87. The molecule has 0 fully saturated rings. The van der Waals surface area contributed by atoms with Gasteiger partial charge in [-0.2, -0.15) is 0 Å². The monoisotopic (exact) mass is 413 g/mol. The number of aryl methyl sites for hydroxylation is 1. The highest BCUT2D eigenvalue weighted by Gasteiger charge is 2.37. The van der Waals surface area contributed by atoms with Gasteiger partial charge in [0.1, 0.15) is 19.2 Å². The van der Waals surface area contributed by atoms with E-state index in [0.29, 0.717) is 5.75 Å². The Hall–Kier alpha value is -2.57. The van der Waals surface area contributed by atoms with Crippen LogP contribution in [-0.4, -0.2) is 46.4 Å². The molecule has 0 spiro atoms. The van der Waals surface area contributed by atoms with Crippen molar-refractivity contribution < 1.29 is 23.9 Å². The van der Waals surface area contributed by atoms with Gasteiger partial charge in [-0.05, 0) is 37.1 Å². The van der Waals surface area contributed by atoms with E-state index in [4.69, 9.17) is 14.2 Å². The van der Waals surface area contributed by atoms with Gasteiger partial charge in [-0.1, -0.05) is 24.3 Å². The van der Waals surface area contributed by atoms with Gasteiger partial charge in [-0.25, -0.2) is 0 Å². The maximum atomic E-state index is 12.3. The molecule has 0 aromatic heterocycles. The molecule has 1 heterocycles. The minimum atomic E-state index is -0.104. The third kappa shape index (κ3) is 4.77. The van der Waals surface area contributed by atoms with E-state index >= 15 is 0 Å². The first-order valence-corrected chi connectivity index (χ1v) is 10.4. The van der Waals surface area contributed by atoms with Gasteiger partial charge in [0.15, 0.2) is 11.5 Å². The SMILES string of the molecule is COCC(=O)N[C@H](C)[C@H]1c2cc(OC)c(OC)cc2CC[NH+]1Cc1ccccc1C. The summed E-state index contributed by atoms with van der Waals surface area (Å²) in [5.41, 5.74) is 5.07. The Morgan fingerprint density at radius 1 is 1.17 bits per heavy atom. The normalized spacial score (nSPS) is 19.0. The summed E-state index contributed by atoms with van der Waals surface area (Å²) in [6, 6.07) is 12.7. The van der Waals surface area contributed by atoms with Crippen LogP contribution in [0.1, 0.15) is 35.2 Å². The van der Waals surface area contributed by atoms with Gasteiger partial charge in [0.2, 0.25) is 5.91 Å². The third-order valence-corrected chi connectivity index (χ3v) is 5.98. The van der Waals surface area contributed by atoms with Gasteiger partial charge >= 0.3 is 0 Å². The van der Waals surface area contributed by atoms with Crippen LogP contribution in [0, 0.1) is 6.92 Å². The molecular formula is C24H33N2O4+. The summed E-state index contributed by atoms with van der Waals surface area (Å²) >= 11 is 0. The van der Waals surface area contributed by atoms with Crippen molar-refractivity contribution in [1.82, 2.24) is 5.32 Å². The van der Waals surface area contributed by atoms with E-state index in [0.717, 1.165) is 25.3 Å². The molecule has 1 unspecified atom stereocenters. The van der Waals surface area contributed by atoms with Crippen molar-refractivity contribution in [2.75, 3.05) is 34.5 Å². The Kier molecular flexibility index (Phi) is 7.34.